The van der Waals surface area contributed by atoms with Gasteiger partial charge in [0.1, 0.15) is 12.0 Å². The van der Waals surface area contributed by atoms with Crippen LogP contribution in [0.15, 0.2) is 36.7 Å². The normalized spacial score (nSPS) is 14.1. The lowest BCUT2D eigenvalue weighted by Gasteiger charge is -2.35. The highest BCUT2D eigenvalue weighted by Gasteiger charge is 2.25. The predicted octanol–water partition coefficient (Wildman–Crippen LogP) is 2.50. The summed E-state index contributed by atoms with van der Waals surface area (Å²) in [7, 11) is 0. The number of ether oxygens (including phenoxy) is 1. The van der Waals surface area contributed by atoms with Crippen LogP contribution >= 0.6 is 0 Å². The van der Waals surface area contributed by atoms with E-state index in [0.717, 1.165) is 12.2 Å². The van der Waals surface area contributed by atoms with E-state index in [1.807, 2.05) is 37.3 Å². The molecular weight excluding hydrogens is 344 g/mol. The van der Waals surface area contributed by atoms with Crippen molar-refractivity contribution in [2.75, 3.05) is 54.9 Å². The van der Waals surface area contributed by atoms with Crippen molar-refractivity contribution in [3.8, 4) is 0 Å². The number of nitrogen functional groups attached to an aromatic ring is 1. The van der Waals surface area contributed by atoms with Crippen molar-refractivity contribution >= 4 is 29.1 Å². The Morgan fingerprint density at radius 3 is 2.48 bits per heavy atom. The third kappa shape index (κ3) is 4.05. The molecule has 2 aromatic rings. The van der Waals surface area contributed by atoms with Crippen LogP contribution in [0.3, 0.4) is 0 Å². The van der Waals surface area contributed by atoms with Crippen LogP contribution in [-0.2, 0) is 4.74 Å². The van der Waals surface area contributed by atoms with Crippen LogP contribution in [0.5, 0.6) is 0 Å². The highest BCUT2D eigenvalue weighted by Crippen LogP contribution is 2.33. The number of para-hydroxylation sites is 1. The zero-order valence-corrected chi connectivity index (χ0v) is 15.8. The molecule has 0 spiro atoms. The Morgan fingerprint density at radius 1 is 1.15 bits per heavy atom. The lowest BCUT2D eigenvalue weighted by molar-refractivity contribution is 0.105. The molecule has 1 aliphatic heterocycles. The van der Waals surface area contributed by atoms with Crippen LogP contribution in [0.25, 0.3) is 0 Å². The van der Waals surface area contributed by atoms with Crippen molar-refractivity contribution in [2.45, 2.75) is 13.8 Å². The molecule has 1 aromatic carbocycles. The zero-order valence-electron chi connectivity index (χ0n) is 15.8. The SMILES string of the molecule is CCOC(=O)N1CCN(c2ncnc(N(CC)c3ccccc3)c2N)CC1. The van der Waals surface area contributed by atoms with Gasteiger partial charge in [0.2, 0.25) is 0 Å². The average molecular weight is 370 g/mol. The van der Waals surface area contributed by atoms with Gasteiger partial charge in [0.05, 0.1) is 6.61 Å². The summed E-state index contributed by atoms with van der Waals surface area (Å²) in [6.07, 6.45) is 1.28. The molecule has 0 saturated carbocycles. The number of piperazine rings is 1. The summed E-state index contributed by atoms with van der Waals surface area (Å²) in [6.45, 7) is 7.44. The molecular formula is C19H26N6O2. The number of carbonyl (C=O) groups excluding carboxylic acids is 1. The van der Waals surface area contributed by atoms with E-state index in [2.05, 4.69) is 26.7 Å². The van der Waals surface area contributed by atoms with E-state index in [9.17, 15) is 4.79 Å². The predicted molar refractivity (Wildman–Crippen MR) is 106 cm³/mol. The van der Waals surface area contributed by atoms with Gasteiger partial charge in [-0.1, -0.05) is 18.2 Å². The van der Waals surface area contributed by atoms with Gasteiger partial charge in [-0.25, -0.2) is 14.8 Å². The molecule has 0 atom stereocenters. The molecule has 1 fully saturated rings. The number of nitrogens with two attached hydrogens (primary N) is 1. The first-order chi connectivity index (χ1) is 13.2. The third-order valence-corrected chi connectivity index (χ3v) is 4.59. The third-order valence-electron chi connectivity index (χ3n) is 4.59. The summed E-state index contributed by atoms with van der Waals surface area (Å²) < 4.78 is 5.07. The first-order valence-corrected chi connectivity index (χ1v) is 9.25. The van der Waals surface area contributed by atoms with E-state index in [4.69, 9.17) is 10.5 Å². The smallest absolute Gasteiger partial charge is 0.409 e. The molecule has 2 N–H and O–H groups in total. The summed E-state index contributed by atoms with van der Waals surface area (Å²) in [6, 6.07) is 10.0. The Balaban J connectivity index is 1.79. The minimum atomic E-state index is -0.269. The van der Waals surface area contributed by atoms with Crippen LogP contribution in [0.1, 0.15) is 13.8 Å². The summed E-state index contributed by atoms with van der Waals surface area (Å²) in [5.74, 6) is 1.40. The first-order valence-electron chi connectivity index (χ1n) is 9.25. The number of rotatable bonds is 5. The fourth-order valence-corrected chi connectivity index (χ4v) is 3.22. The highest BCUT2D eigenvalue weighted by molar-refractivity contribution is 5.80. The van der Waals surface area contributed by atoms with E-state index >= 15 is 0 Å². The molecule has 144 valence electrons. The van der Waals surface area contributed by atoms with Gasteiger partial charge in [-0.05, 0) is 26.0 Å². The van der Waals surface area contributed by atoms with E-state index < -0.39 is 0 Å². The Bertz CT molecular complexity index is 762. The van der Waals surface area contributed by atoms with E-state index in [0.29, 0.717) is 50.1 Å². The summed E-state index contributed by atoms with van der Waals surface area (Å²) in [4.78, 5) is 26.6. The fraction of sp³-hybridized carbons (Fsp3) is 0.421. The molecule has 0 radical (unpaired) electrons. The highest BCUT2D eigenvalue weighted by atomic mass is 16.6. The van der Waals surface area contributed by atoms with E-state index in [1.54, 1.807) is 11.2 Å². The van der Waals surface area contributed by atoms with Gasteiger partial charge in [0.15, 0.2) is 11.6 Å². The summed E-state index contributed by atoms with van der Waals surface area (Å²) in [5.41, 5.74) is 8.04. The number of benzene rings is 1. The first kappa shape index (κ1) is 18.8. The number of anilines is 4. The zero-order chi connectivity index (χ0) is 19.2. The summed E-state index contributed by atoms with van der Waals surface area (Å²) in [5, 5.41) is 0. The molecule has 0 aliphatic carbocycles. The van der Waals surface area contributed by atoms with Crippen LogP contribution in [0, 0.1) is 0 Å². The average Bonchev–Trinajstić information content (AvgIpc) is 2.71. The maximum Gasteiger partial charge on any atom is 0.409 e. The van der Waals surface area contributed by atoms with Crippen molar-refractivity contribution in [1.29, 1.82) is 0 Å². The van der Waals surface area contributed by atoms with Crippen LogP contribution < -0.4 is 15.5 Å². The van der Waals surface area contributed by atoms with E-state index in [1.165, 1.54) is 0 Å². The number of hydrogen-bond donors (Lipinski definition) is 1. The molecule has 27 heavy (non-hydrogen) atoms. The Labute approximate surface area is 159 Å². The second kappa shape index (κ2) is 8.57. The quantitative estimate of drug-likeness (QED) is 0.865. The Morgan fingerprint density at radius 2 is 1.85 bits per heavy atom. The lowest BCUT2D eigenvalue weighted by Crippen LogP contribution is -2.49. The van der Waals surface area contributed by atoms with Crippen LogP contribution in [0.2, 0.25) is 0 Å². The number of aromatic nitrogens is 2. The molecule has 1 amide bonds. The number of carbonyl (C=O) groups is 1. The van der Waals surface area contributed by atoms with Gasteiger partial charge in [-0.15, -0.1) is 0 Å². The van der Waals surface area contributed by atoms with Gasteiger partial charge in [-0.2, -0.15) is 0 Å². The van der Waals surface area contributed by atoms with Crippen molar-refractivity contribution < 1.29 is 9.53 Å². The second-order valence-corrected chi connectivity index (χ2v) is 6.19. The van der Waals surface area contributed by atoms with Gasteiger partial charge in [-0.3, -0.25) is 0 Å². The largest absolute Gasteiger partial charge is 0.450 e. The van der Waals surface area contributed by atoms with Gasteiger partial charge in [0.25, 0.3) is 0 Å². The minimum absolute atomic E-state index is 0.269. The molecule has 0 unspecified atom stereocenters. The Hall–Kier alpha value is -3.03. The molecule has 8 nitrogen and oxygen atoms in total. The molecule has 1 saturated heterocycles. The van der Waals surface area contributed by atoms with Crippen LogP contribution in [-0.4, -0.2) is 60.3 Å². The van der Waals surface area contributed by atoms with Gasteiger partial charge < -0.3 is 25.2 Å². The minimum Gasteiger partial charge on any atom is -0.450 e. The Kier molecular flexibility index (Phi) is 5.95. The number of nitrogens with zero attached hydrogens (tertiary/aromatic N) is 5. The van der Waals surface area contributed by atoms with Crippen molar-refractivity contribution in [3.63, 3.8) is 0 Å². The molecule has 1 aliphatic rings. The van der Waals surface area contributed by atoms with Crippen LogP contribution in [0.4, 0.5) is 27.8 Å². The van der Waals surface area contributed by atoms with Gasteiger partial charge in [0, 0.05) is 38.4 Å². The topological polar surface area (TPSA) is 87.8 Å². The maximum absolute atomic E-state index is 11.9. The standard InChI is InChI=1S/C19H26N6O2/c1-3-25(15-8-6-5-7-9-15)18-16(20)17(21-14-22-18)23-10-12-24(13-11-23)19(26)27-4-2/h5-9,14H,3-4,10-13,20H2,1-2H3. The van der Waals surface area contributed by atoms with Crippen molar-refractivity contribution in [2.24, 2.45) is 0 Å². The molecule has 2 heterocycles. The number of amides is 1. The fourth-order valence-electron chi connectivity index (χ4n) is 3.22. The number of hydrogen-bond acceptors (Lipinski definition) is 7. The maximum atomic E-state index is 11.9. The lowest BCUT2D eigenvalue weighted by atomic mass is 10.2. The molecule has 8 heteroatoms. The monoisotopic (exact) mass is 370 g/mol. The van der Waals surface area contributed by atoms with Crippen molar-refractivity contribution in [1.82, 2.24) is 14.9 Å². The van der Waals surface area contributed by atoms with Crippen molar-refractivity contribution in [3.05, 3.63) is 36.7 Å². The molecule has 1 aromatic heterocycles. The second-order valence-electron chi connectivity index (χ2n) is 6.19. The summed E-state index contributed by atoms with van der Waals surface area (Å²) >= 11 is 0. The van der Waals surface area contributed by atoms with Gasteiger partial charge >= 0.3 is 6.09 Å². The van der Waals surface area contributed by atoms with E-state index in [-0.39, 0.29) is 6.09 Å². The molecule has 3 rings (SSSR count). The molecule has 0 bridgehead atoms.